The zero-order valence-corrected chi connectivity index (χ0v) is 9.59. The first-order chi connectivity index (χ1) is 5.41. The molecular formula is C6H3BrCl2FOP. The summed E-state index contributed by atoms with van der Waals surface area (Å²) in [6.45, 7) is 0. The first-order valence-corrected chi connectivity index (χ1v) is 7.17. The molecule has 1 nitrogen and oxygen atoms in total. The highest BCUT2D eigenvalue weighted by Crippen LogP contribution is 2.55. The Morgan fingerprint density at radius 1 is 1.42 bits per heavy atom. The first kappa shape index (κ1) is 10.5. The highest BCUT2D eigenvalue weighted by Gasteiger charge is 2.21. The normalized spacial score (nSPS) is 11.7. The van der Waals surface area contributed by atoms with Gasteiger partial charge in [0.05, 0.1) is 5.30 Å². The molecule has 66 valence electrons. The molecule has 0 spiro atoms. The zero-order chi connectivity index (χ0) is 9.35. The highest BCUT2D eigenvalue weighted by atomic mass is 79.9. The number of halogens is 4. The molecule has 0 fully saturated rings. The Hall–Kier alpha value is 0.440. The lowest BCUT2D eigenvalue weighted by molar-refractivity contribution is 0.594. The predicted octanol–water partition coefficient (Wildman–Crippen LogP) is 3.88. The van der Waals surface area contributed by atoms with Crippen molar-refractivity contribution in [1.82, 2.24) is 0 Å². The molecule has 0 N–H and O–H groups in total. The molecule has 0 saturated carbocycles. The van der Waals surface area contributed by atoms with Crippen molar-refractivity contribution in [3.63, 3.8) is 0 Å². The van der Waals surface area contributed by atoms with E-state index >= 15 is 0 Å². The minimum atomic E-state index is -3.53. The second-order valence-corrected chi connectivity index (χ2v) is 7.76. The number of rotatable bonds is 1. The molecule has 0 amide bonds. The molecule has 0 saturated heterocycles. The van der Waals surface area contributed by atoms with E-state index in [2.05, 4.69) is 15.9 Å². The van der Waals surface area contributed by atoms with Gasteiger partial charge in [0.1, 0.15) is 5.82 Å². The fraction of sp³-hybridized carbons (Fsp3) is 0. The van der Waals surface area contributed by atoms with Crippen LogP contribution in [0.25, 0.3) is 0 Å². The quantitative estimate of drug-likeness (QED) is 0.718. The van der Waals surface area contributed by atoms with Crippen molar-refractivity contribution < 1.29 is 8.96 Å². The van der Waals surface area contributed by atoms with Crippen molar-refractivity contribution in [2.75, 3.05) is 0 Å². The van der Waals surface area contributed by atoms with Gasteiger partial charge in [-0.05, 0) is 40.7 Å². The van der Waals surface area contributed by atoms with Crippen molar-refractivity contribution >= 4 is 49.6 Å². The van der Waals surface area contributed by atoms with E-state index in [9.17, 15) is 8.96 Å². The summed E-state index contributed by atoms with van der Waals surface area (Å²) >= 11 is 13.6. The summed E-state index contributed by atoms with van der Waals surface area (Å²) in [4.78, 5) is 0. The molecule has 1 aromatic carbocycles. The van der Waals surface area contributed by atoms with Crippen LogP contribution in [0.4, 0.5) is 4.39 Å². The van der Waals surface area contributed by atoms with Gasteiger partial charge in [-0.1, -0.05) is 15.9 Å². The molecule has 1 aromatic rings. The van der Waals surface area contributed by atoms with E-state index in [0.29, 0.717) is 4.47 Å². The van der Waals surface area contributed by atoms with E-state index in [1.165, 1.54) is 12.1 Å². The molecule has 0 atom stereocenters. The van der Waals surface area contributed by atoms with Gasteiger partial charge >= 0.3 is 0 Å². The molecule has 0 unspecified atom stereocenters. The van der Waals surface area contributed by atoms with Crippen LogP contribution in [0, 0.1) is 5.82 Å². The SMILES string of the molecule is O=P(Cl)(Cl)c1ccc(Br)cc1F. The fourth-order valence-electron chi connectivity index (χ4n) is 0.692. The Balaban J connectivity index is 3.28. The van der Waals surface area contributed by atoms with Crippen LogP contribution >= 0.6 is 44.3 Å². The molecule has 0 aliphatic rings. The predicted molar refractivity (Wildman–Crippen MR) is 53.0 cm³/mol. The number of hydrogen-bond acceptors (Lipinski definition) is 1. The van der Waals surface area contributed by atoms with E-state index in [1.807, 2.05) is 0 Å². The van der Waals surface area contributed by atoms with E-state index in [4.69, 9.17) is 22.5 Å². The van der Waals surface area contributed by atoms with Crippen LogP contribution in [-0.2, 0) is 4.57 Å². The van der Waals surface area contributed by atoms with Gasteiger partial charge in [-0.15, -0.1) is 0 Å². The summed E-state index contributed by atoms with van der Waals surface area (Å²) in [6, 6.07) is 3.97. The maximum Gasteiger partial charge on any atom is 0.284 e. The Kier molecular flexibility index (Phi) is 3.21. The van der Waals surface area contributed by atoms with Crippen molar-refractivity contribution in [3.05, 3.63) is 28.5 Å². The van der Waals surface area contributed by atoms with Crippen molar-refractivity contribution in [3.8, 4) is 0 Å². The van der Waals surface area contributed by atoms with Gasteiger partial charge < -0.3 is 0 Å². The second-order valence-electron chi connectivity index (χ2n) is 2.06. The van der Waals surface area contributed by atoms with E-state index in [-0.39, 0.29) is 5.30 Å². The average molecular weight is 292 g/mol. The Bertz CT molecular complexity index is 351. The molecule has 0 heterocycles. The van der Waals surface area contributed by atoms with Crippen LogP contribution in [0.3, 0.4) is 0 Å². The van der Waals surface area contributed by atoms with Crippen molar-refractivity contribution in [1.29, 1.82) is 0 Å². The van der Waals surface area contributed by atoms with Gasteiger partial charge in [0.2, 0.25) is 0 Å². The third-order valence-corrected chi connectivity index (χ3v) is 3.70. The molecule has 6 heteroatoms. The van der Waals surface area contributed by atoms with Crippen LogP contribution in [0.15, 0.2) is 22.7 Å². The van der Waals surface area contributed by atoms with Crippen LogP contribution in [0.5, 0.6) is 0 Å². The third-order valence-electron chi connectivity index (χ3n) is 1.19. The molecule has 0 aliphatic carbocycles. The molecular weight excluding hydrogens is 289 g/mol. The van der Waals surface area contributed by atoms with Gasteiger partial charge in [0, 0.05) is 4.47 Å². The molecule has 0 radical (unpaired) electrons. The monoisotopic (exact) mass is 290 g/mol. The standard InChI is InChI=1S/C6H3BrCl2FOP/c7-4-1-2-6(5(10)3-4)12(8,9)11/h1-3H. The fourth-order valence-corrected chi connectivity index (χ4v) is 2.41. The molecule has 0 aliphatic heterocycles. The number of benzene rings is 1. The van der Waals surface area contributed by atoms with Gasteiger partial charge in [-0.2, -0.15) is 0 Å². The maximum absolute atomic E-state index is 13.0. The summed E-state index contributed by atoms with van der Waals surface area (Å²) in [5, 5.41) is -0.158. The lowest BCUT2D eigenvalue weighted by Gasteiger charge is -2.03. The molecule has 0 aromatic heterocycles. The second kappa shape index (κ2) is 3.67. The van der Waals surface area contributed by atoms with Gasteiger partial charge in [0.25, 0.3) is 5.85 Å². The van der Waals surface area contributed by atoms with Gasteiger partial charge in [-0.25, -0.2) is 4.39 Å². The Morgan fingerprint density at radius 3 is 2.42 bits per heavy atom. The van der Waals surface area contributed by atoms with Crippen molar-refractivity contribution in [2.45, 2.75) is 0 Å². The average Bonchev–Trinajstić information content (AvgIpc) is 1.83. The largest absolute Gasteiger partial charge is 0.284 e. The van der Waals surface area contributed by atoms with Crippen LogP contribution in [0.1, 0.15) is 0 Å². The molecule has 12 heavy (non-hydrogen) atoms. The molecule has 1 rings (SSSR count). The van der Waals surface area contributed by atoms with Crippen LogP contribution < -0.4 is 5.30 Å². The topological polar surface area (TPSA) is 17.1 Å². The van der Waals surface area contributed by atoms with Gasteiger partial charge in [-0.3, -0.25) is 4.57 Å². The van der Waals surface area contributed by atoms with E-state index < -0.39 is 11.7 Å². The lowest BCUT2D eigenvalue weighted by Crippen LogP contribution is -2.03. The minimum absolute atomic E-state index is 0.158. The minimum Gasteiger partial charge on any atom is -0.284 e. The summed E-state index contributed by atoms with van der Waals surface area (Å²) in [5.74, 6) is -4.20. The third kappa shape index (κ3) is 2.46. The first-order valence-electron chi connectivity index (χ1n) is 2.86. The van der Waals surface area contributed by atoms with Gasteiger partial charge in [0.15, 0.2) is 0 Å². The van der Waals surface area contributed by atoms with Crippen LogP contribution in [-0.4, -0.2) is 0 Å². The summed E-state index contributed by atoms with van der Waals surface area (Å²) < 4.78 is 24.5. The van der Waals surface area contributed by atoms with E-state index in [0.717, 1.165) is 6.07 Å². The van der Waals surface area contributed by atoms with Crippen LogP contribution in [0.2, 0.25) is 0 Å². The summed E-state index contributed by atoms with van der Waals surface area (Å²) in [7, 11) is 0. The smallest absolute Gasteiger partial charge is 0.284 e. The zero-order valence-electron chi connectivity index (χ0n) is 5.60. The maximum atomic E-state index is 13.0. The Labute approximate surface area is 86.9 Å². The highest BCUT2D eigenvalue weighted by molar-refractivity contribution is 9.10. The Morgan fingerprint density at radius 2 is 2.00 bits per heavy atom. The van der Waals surface area contributed by atoms with E-state index in [1.54, 1.807) is 0 Å². The van der Waals surface area contributed by atoms with Crippen molar-refractivity contribution in [2.24, 2.45) is 0 Å². The summed E-state index contributed by atoms with van der Waals surface area (Å²) in [5.41, 5.74) is 0. The lowest BCUT2D eigenvalue weighted by atomic mass is 10.3. The summed E-state index contributed by atoms with van der Waals surface area (Å²) in [6.07, 6.45) is 0. The number of hydrogen-bond donors (Lipinski definition) is 0. The molecule has 0 bridgehead atoms.